The van der Waals surface area contributed by atoms with Gasteiger partial charge in [0, 0.05) is 5.69 Å². The lowest BCUT2D eigenvalue weighted by atomic mass is 10.0. The number of carbonyl (C=O) groups is 3. The molecule has 0 aromatic heterocycles. The third-order valence-corrected chi connectivity index (χ3v) is 4.02. The number of anilines is 1. The van der Waals surface area contributed by atoms with E-state index in [1.807, 2.05) is 13.8 Å². The highest BCUT2D eigenvalue weighted by Crippen LogP contribution is 2.20. The number of nitrogens with zero attached hydrogens (tertiary/aromatic N) is 2. The summed E-state index contributed by atoms with van der Waals surface area (Å²) >= 11 is 0. The van der Waals surface area contributed by atoms with Crippen molar-refractivity contribution in [3.8, 4) is 0 Å². The maximum absolute atomic E-state index is 12.8. The molecule has 29 heavy (non-hydrogen) atoms. The molecule has 2 atom stereocenters. The molecular weight excluding hydrogens is 378 g/mol. The number of amides is 3. The first-order valence-corrected chi connectivity index (χ1v) is 9.13. The lowest BCUT2D eigenvalue weighted by Crippen LogP contribution is -2.51. The zero-order chi connectivity index (χ0) is 22.0. The van der Waals surface area contributed by atoms with E-state index >= 15 is 0 Å². The van der Waals surface area contributed by atoms with E-state index in [1.54, 1.807) is 31.2 Å². The van der Waals surface area contributed by atoms with Crippen molar-refractivity contribution in [3.05, 3.63) is 47.4 Å². The number of imide groups is 1. The first kappa shape index (κ1) is 23.8. The van der Waals surface area contributed by atoms with Crippen LogP contribution in [0.4, 0.5) is 15.3 Å². The Morgan fingerprint density at radius 1 is 1.21 bits per heavy atom. The summed E-state index contributed by atoms with van der Waals surface area (Å²) in [5, 5.41) is 5.50. The number of ether oxygens (including phenoxy) is 2. The standard InChI is InChI=1S/C20H27N3O6/c1-6-11-29-20(26)23(17(12-13(2)3)18(24)28-5)19(25)21-16-9-7-15(8-10-16)14(4)22-27/h6-10,13-14,17H,1,11-12H2,2-5H3,(H,21,25). The molecule has 9 heteroatoms. The zero-order valence-corrected chi connectivity index (χ0v) is 17.1. The van der Waals surface area contributed by atoms with Crippen molar-refractivity contribution in [3.63, 3.8) is 0 Å². The van der Waals surface area contributed by atoms with Crippen LogP contribution in [-0.4, -0.2) is 42.8 Å². The predicted octanol–water partition coefficient (Wildman–Crippen LogP) is 4.26. The maximum atomic E-state index is 12.8. The number of urea groups is 1. The smallest absolute Gasteiger partial charge is 0.419 e. The molecule has 0 spiro atoms. The van der Waals surface area contributed by atoms with E-state index in [2.05, 4.69) is 17.1 Å². The van der Waals surface area contributed by atoms with E-state index in [0.717, 1.165) is 0 Å². The third kappa shape index (κ3) is 7.02. The van der Waals surface area contributed by atoms with Gasteiger partial charge in [-0.15, -0.1) is 0 Å². The Balaban J connectivity index is 3.14. The Morgan fingerprint density at radius 2 is 1.83 bits per heavy atom. The van der Waals surface area contributed by atoms with E-state index in [0.29, 0.717) is 16.2 Å². The molecule has 0 aliphatic heterocycles. The van der Waals surface area contributed by atoms with Crippen molar-refractivity contribution in [1.29, 1.82) is 0 Å². The molecule has 0 fully saturated rings. The molecule has 0 heterocycles. The topological polar surface area (TPSA) is 114 Å². The van der Waals surface area contributed by atoms with Crippen LogP contribution in [0, 0.1) is 10.8 Å². The van der Waals surface area contributed by atoms with Gasteiger partial charge in [-0.05, 0) is 37.0 Å². The molecule has 0 saturated heterocycles. The Kier molecular flexibility index (Phi) is 9.50. The molecule has 0 aliphatic carbocycles. The Labute approximate surface area is 170 Å². The van der Waals surface area contributed by atoms with Crippen molar-refractivity contribution < 1.29 is 23.9 Å². The van der Waals surface area contributed by atoms with Gasteiger partial charge in [0.1, 0.15) is 18.7 Å². The van der Waals surface area contributed by atoms with Crippen LogP contribution in [0.3, 0.4) is 0 Å². The lowest BCUT2D eigenvalue weighted by molar-refractivity contribution is -0.146. The highest BCUT2D eigenvalue weighted by molar-refractivity contribution is 6.02. The van der Waals surface area contributed by atoms with E-state index in [4.69, 9.17) is 9.47 Å². The van der Waals surface area contributed by atoms with Crippen LogP contribution in [0.2, 0.25) is 0 Å². The van der Waals surface area contributed by atoms with Gasteiger partial charge in [0.25, 0.3) is 0 Å². The fraction of sp³-hybridized carbons (Fsp3) is 0.450. The van der Waals surface area contributed by atoms with Gasteiger partial charge in [0.15, 0.2) is 0 Å². The Morgan fingerprint density at radius 3 is 2.31 bits per heavy atom. The first-order valence-electron chi connectivity index (χ1n) is 9.13. The van der Waals surface area contributed by atoms with E-state index in [9.17, 15) is 19.3 Å². The van der Waals surface area contributed by atoms with Crippen LogP contribution < -0.4 is 5.32 Å². The summed E-state index contributed by atoms with van der Waals surface area (Å²) in [5.41, 5.74) is 1.04. The number of hydrogen-bond donors (Lipinski definition) is 1. The summed E-state index contributed by atoms with van der Waals surface area (Å²) in [7, 11) is 1.18. The van der Waals surface area contributed by atoms with Crippen LogP contribution in [-0.2, 0) is 14.3 Å². The van der Waals surface area contributed by atoms with Crippen molar-refractivity contribution in [2.45, 2.75) is 39.3 Å². The van der Waals surface area contributed by atoms with Crippen LogP contribution in [0.25, 0.3) is 0 Å². The largest absolute Gasteiger partial charge is 0.467 e. The van der Waals surface area contributed by atoms with Crippen molar-refractivity contribution in [1.82, 2.24) is 4.90 Å². The number of nitrogens with one attached hydrogen (secondary N) is 1. The number of carbonyl (C=O) groups excluding carboxylic acids is 3. The van der Waals surface area contributed by atoms with Crippen molar-refractivity contribution in [2.24, 2.45) is 11.1 Å². The average molecular weight is 405 g/mol. The fourth-order valence-electron chi connectivity index (χ4n) is 2.53. The second-order valence-electron chi connectivity index (χ2n) is 6.74. The van der Waals surface area contributed by atoms with Crippen LogP contribution >= 0.6 is 0 Å². The lowest BCUT2D eigenvalue weighted by Gasteiger charge is -2.28. The minimum atomic E-state index is -1.16. The SMILES string of the molecule is C=CCOC(=O)N(C(=O)Nc1ccc(C(C)N=O)cc1)C(CC(C)C)C(=O)OC. The molecule has 158 valence electrons. The first-order chi connectivity index (χ1) is 13.7. The van der Waals surface area contributed by atoms with Gasteiger partial charge in [-0.25, -0.2) is 19.3 Å². The molecule has 1 aromatic rings. The van der Waals surface area contributed by atoms with E-state index in [-0.39, 0.29) is 18.9 Å². The molecule has 1 aromatic carbocycles. The third-order valence-electron chi connectivity index (χ3n) is 4.02. The molecule has 1 rings (SSSR count). The number of esters is 1. The fourth-order valence-corrected chi connectivity index (χ4v) is 2.53. The van der Waals surface area contributed by atoms with Crippen LogP contribution in [0.5, 0.6) is 0 Å². The maximum Gasteiger partial charge on any atom is 0.419 e. The second kappa shape index (κ2) is 11.6. The van der Waals surface area contributed by atoms with Gasteiger partial charge in [-0.2, -0.15) is 4.91 Å². The van der Waals surface area contributed by atoms with Crippen molar-refractivity contribution >= 4 is 23.8 Å². The molecule has 2 unspecified atom stereocenters. The van der Waals surface area contributed by atoms with Crippen LogP contribution in [0.1, 0.15) is 38.8 Å². The summed E-state index contributed by atoms with van der Waals surface area (Å²) in [6.07, 6.45) is 0.559. The summed E-state index contributed by atoms with van der Waals surface area (Å²) < 4.78 is 9.76. The summed E-state index contributed by atoms with van der Waals surface area (Å²) in [6, 6.07) is 3.87. The molecule has 0 aliphatic rings. The second-order valence-corrected chi connectivity index (χ2v) is 6.74. The number of methoxy groups -OCH3 is 1. The van der Waals surface area contributed by atoms with E-state index in [1.165, 1.54) is 13.2 Å². The van der Waals surface area contributed by atoms with Gasteiger partial charge in [-0.3, -0.25) is 0 Å². The monoisotopic (exact) mass is 405 g/mol. The Bertz CT molecular complexity index is 732. The number of rotatable bonds is 9. The van der Waals surface area contributed by atoms with Gasteiger partial charge < -0.3 is 14.8 Å². The van der Waals surface area contributed by atoms with Gasteiger partial charge in [-0.1, -0.05) is 43.8 Å². The normalized spacial score (nSPS) is 12.4. The van der Waals surface area contributed by atoms with Crippen molar-refractivity contribution in [2.75, 3.05) is 19.0 Å². The molecule has 0 bridgehead atoms. The Hall–Kier alpha value is -3.23. The zero-order valence-electron chi connectivity index (χ0n) is 17.1. The number of nitroso groups, excluding NO2 is 1. The highest BCUT2D eigenvalue weighted by Gasteiger charge is 2.37. The minimum Gasteiger partial charge on any atom is -0.467 e. The molecule has 0 saturated carbocycles. The van der Waals surface area contributed by atoms with Gasteiger partial charge >= 0.3 is 18.1 Å². The van der Waals surface area contributed by atoms with Gasteiger partial charge in [0.05, 0.1) is 7.11 Å². The van der Waals surface area contributed by atoms with Gasteiger partial charge in [0.2, 0.25) is 0 Å². The summed E-state index contributed by atoms with van der Waals surface area (Å²) in [4.78, 5) is 49.0. The minimum absolute atomic E-state index is 0.00165. The number of benzene rings is 1. The summed E-state index contributed by atoms with van der Waals surface area (Å²) in [6.45, 7) is 8.68. The molecular formula is C20H27N3O6. The number of hydrogen-bond acceptors (Lipinski definition) is 7. The molecule has 0 radical (unpaired) electrons. The quantitative estimate of drug-likeness (QED) is 0.373. The van der Waals surface area contributed by atoms with E-state index < -0.39 is 30.2 Å². The highest BCUT2D eigenvalue weighted by atomic mass is 16.6. The summed E-state index contributed by atoms with van der Waals surface area (Å²) in [5.74, 6) is -0.733. The molecule has 1 N–H and O–H groups in total. The molecule has 9 nitrogen and oxygen atoms in total. The average Bonchev–Trinajstić information content (AvgIpc) is 2.70. The van der Waals surface area contributed by atoms with Crippen LogP contribution in [0.15, 0.2) is 42.1 Å². The molecule has 3 amide bonds. The predicted molar refractivity (Wildman–Crippen MR) is 108 cm³/mol.